The highest BCUT2D eigenvalue weighted by Crippen LogP contribution is 2.35. The zero-order valence-corrected chi connectivity index (χ0v) is 35.0. The van der Waals surface area contributed by atoms with Crippen LogP contribution in [0.2, 0.25) is 0 Å². The third-order valence-corrected chi connectivity index (χ3v) is 13.0. The quantitative estimate of drug-likeness (QED) is 0.166. The molecule has 0 radical (unpaired) electrons. The lowest BCUT2D eigenvalue weighted by atomic mass is 9.85. The van der Waals surface area contributed by atoms with Gasteiger partial charge in [-0.1, -0.05) is 17.9 Å². The summed E-state index contributed by atoms with van der Waals surface area (Å²) < 4.78 is 34.7. The first kappa shape index (κ1) is 41.4. The van der Waals surface area contributed by atoms with E-state index < -0.39 is 30.0 Å². The van der Waals surface area contributed by atoms with E-state index in [1.165, 1.54) is 19.8 Å². The number of anilines is 2. The van der Waals surface area contributed by atoms with Gasteiger partial charge in [0.25, 0.3) is 12.3 Å². The van der Waals surface area contributed by atoms with Crippen molar-refractivity contribution < 1.29 is 23.2 Å². The molecule has 1 saturated carbocycles. The minimum Gasteiger partial charge on any atom is -0.354 e. The molecular weight excluding hydrogens is 801 g/mol. The van der Waals surface area contributed by atoms with Crippen LogP contribution in [0, 0.1) is 17.8 Å². The topological polar surface area (TPSA) is 163 Å². The van der Waals surface area contributed by atoms with Crippen LogP contribution >= 0.6 is 0 Å². The summed E-state index contributed by atoms with van der Waals surface area (Å²) in [6, 6.07) is 6.60. The summed E-state index contributed by atoms with van der Waals surface area (Å²) in [5.41, 5.74) is 1.78. The van der Waals surface area contributed by atoms with Crippen LogP contribution in [0.1, 0.15) is 78.6 Å². The zero-order valence-electron chi connectivity index (χ0n) is 35.0. The summed E-state index contributed by atoms with van der Waals surface area (Å²) in [6.07, 6.45) is 5.82. The lowest BCUT2D eigenvalue weighted by Gasteiger charge is -2.37. The molecule has 0 bridgehead atoms. The Labute approximate surface area is 356 Å². The number of amides is 3. The normalized spacial score (nSPS) is 22.0. The maximum Gasteiger partial charge on any atom is 0.329 e. The molecule has 3 saturated heterocycles. The molecule has 326 valence electrons. The van der Waals surface area contributed by atoms with Gasteiger partial charge in [-0.2, -0.15) is 10.2 Å². The number of piperidine rings is 1. The molecule has 19 heteroatoms. The molecule has 62 heavy (non-hydrogen) atoms. The van der Waals surface area contributed by atoms with E-state index in [4.69, 9.17) is 4.98 Å². The number of nitrogens with zero attached hydrogens (tertiary/aromatic N) is 11. The molecular formula is C43H51F2N13O4. The number of fused-ring (bicyclic) bond motifs is 2. The second kappa shape index (κ2) is 17.4. The molecule has 0 spiro atoms. The molecule has 4 fully saturated rings. The van der Waals surface area contributed by atoms with Crippen molar-refractivity contribution in [2.24, 2.45) is 13.0 Å². The molecule has 1 aromatic carbocycles. The van der Waals surface area contributed by atoms with Gasteiger partial charge in [-0.25, -0.2) is 23.1 Å². The van der Waals surface area contributed by atoms with Crippen molar-refractivity contribution in [3.05, 3.63) is 70.2 Å². The molecule has 5 aromatic rings. The van der Waals surface area contributed by atoms with E-state index in [2.05, 4.69) is 59.3 Å². The SMILES string of the molecule is CN1CCN(c2ccn3ncc(C(=O)Nc4cn([C@H]5CC[C@H](CN6CCN(CC#Cc7cccc8c7n(C)c(=O)n8C7CCC(=O)NC7=O)CC6)CC5)nc4C(F)F)c3n2)CC1. The van der Waals surface area contributed by atoms with Crippen molar-refractivity contribution in [1.29, 1.82) is 0 Å². The molecule has 4 aromatic heterocycles. The predicted octanol–water partition coefficient (Wildman–Crippen LogP) is 2.90. The first-order valence-electron chi connectivity index (χ1n) is 21.4. The largest absolute Gasteiger partial charge is 0.354 e. The van der Waals surface area contributed by atoms with Crippen LogP contribution in [0.25, 0.3) is 16.7 Å². The average molecular weight is 852 g/mol. The zero-order chi connectivity index (χ0) is 43.1. The summed E-state index contributed by atoms with van der Waals surface area (Å²) in [6.45, 7) is 8.56. The first-order valence-corrected chi connectivity index (χ1v) is 21.4. The average Bonchev–Trinajstić information content (AvgIpc) is 3.96. The van der Waals surface area contributed by atoms with E-state index in [9.17, 15) is 28.0 Å². The number of benzene rings is 1. The first-order chi connectivity index (χ1) is 30.0. The summed E-state index contributed by atoms with van der Waals surface area (Å²) >= 11 is 0. The number of carbonyl (C=O) groups is 3. The number of rotatable bonds is 9. The van der Waals surface area contributed by atoms with Crippen molar-refractivity contribution in [3.63, 3.8) is 0 Å². The Hall–Kier alpha value is -5.97. The number of aromatic nitrogens is 7. The van der Waals surface area contributed by atoms with E-state index >= 15 is 0 Å². The number of alkyl halides is 2. The van der Waals surface area contributed by atoms with Crippen molar-refractivity contribution in [1.82, 2.24) is 53.5 Å². The van der Waals surface area contributed by atoms with Gasteiger partial charge in [0.15, 0.2) is 11.3 Å². The smallest absolute Gasteiger partial charge is 0.329 e. The van der Waals surface area contributed by atoms with E-state index in [1.54, 1.807) is 24.1 Å². The van der Waals surface area contributed by atoms with Crippen molar-refractivity contribution in [2.45, 2.75) is 57.0 Å². The van der Waals surface area contributed by atoms with Gasteiger partial charge in [-0.3, -0.25) is 38.4 Å². The third-order valence-electron chi connectivity index (χ3n) is 13.0. The molecule has 1 atom stereocenters. The second-order valence-corrected chi connectivity index (χ2v) is 17.0. The number of carbonyl (C=O) groups excluding carboxylic acids is 3. The Morgan fingerprint density at radius 3 is 2.45 bits per heavy atom. The summed E-state index contributed by atoms with van der Waals surface area (Å²) in [5.74, 6) is 6.44. The maximum atomic E-state index is 14.3. The van der Waals surface area contributed by atoms with Gasteiger partial charge in [0.05, 0.1) is 41.1 Å². The Morgan fingerprint density at radius 1 is 0.952 bits per heavy atom. The van der Waals surface area contributed by atoms with E-state index in [0.717, 1.165) is 90.4 Å². The van der Waals surface area contributed by atoms with Gasteiger partial charge in [-0.05, 0) is 63.3 Å². The van der Waals surface area contributed by atoms with Crippen LogP contribution in [0.3, 0.4) is 0 Å². The fourth-order valence-corrected chi connectivity index (χ4v) is 9.37. The molecule has 9 rings (SSSR count). The van der Waals surface area contributed by atoms with E-state index in [-0.39, 0.29) is 41.7 Å². The molecule has 1 aliphatic carbocycles. The number of imide groups is 1. The van der Waals surface area contributed by atoms with Crippen LogP contribution in [-0.4, -0.2) is 138 Å². The number of piperazine rings is 2. The molecule has 1 unspecified atom stereocenters. The number of para-hydroxylation sites is 1. The fraction of sp³-hybridized carbons (Fsp3) is 0.512. The number of imidazole rings is 1. The highest BCUT2D eigenvalue weighted by Gasteiger charge is 2.32. The van der Waals surface area contributed by atoms with E-state index in [1.807, 2.05) is 24.3 Å². The molecule has 2 N–H and O–H groups in total. The molecule has 3 amide bonds. The maximum absolute atomic E-state index is 14.3. The van der Waals surface area contributed by atoms with Crippen molar-refractivity contribution in [3.8, 4) is 11.8 Å². The number of nitrogens with one attached hydrogen (secondary N) is 2. The van der Waals surface area contributed by atoms with Crippen molar-refractivity contribution >= 4 is 45.9 Å². The van der Waals surface area contributed by atoms with Crippen LogP contribution in [0.5, 0.6) is 0 Å². The Balaban J connectivity index is 0.767. The molecule has 7 heterocycles. The van der Waals surface area contributed by atoms with Crippen molar-refractivity contribution in [2.75, 3.05) is 82.7 Å². The number of hydrogen-bond acceptors (Lipinski definition) is 11. The monoisotopic (exact) mass is 851 g/mol. The van der Waals surface area contributed by atoms with Gasteiger partial charge in [0.1, 0.15) is 17.4 Å². The second-order valence-electron chi connectivity index (χ2n) is 17.0. The van der Waals surface area contributed by atoms with Crippen LogP contribution < -0.4 is 21.2 Å². The van der Waals surface area contributed by atoms with Gasteiger partial charge in [0.2, 0.25) is 11.8 Å². The van der Waals surface area contributed by atoms with Crippen LogP contribution in [-0.2, 0) is 16.6 Å². The number of likely N-dealkylation sites (N-methyl/N-ethyl adjacent to an activating group) is 1. The standard InChI is InChI=1S/C43H51F2N13O4/c1-51-17-23-55(24-18-51)35-14-16-56-40(48-35)31(25-46-56)41(60)47-32-27-57(50-37(32)39(44)45)30-10-8-28(9-11-30)26-54-21-19-53(20-22-54)15-4-6-29-5-3-7-33-38(29)52(2)43(62)58(33)34-12-13-36(59)49-42(34)61/h3,5,7,14,16,25,27-28,30,34,39H,8-13,15,17-24,26H2,1-2H3,(H,47,60)(H,49,59,61)/t28-,30-,34?. The number of aryl methyl sites for hydroxylation is 1. The lowest BCUT2D eigenvalue weighted by molar-refractivity contribution is -0.135. The van der Waals surface area contributed by atoms with Gasteiger partial charge >= 0.3 is 5.69 Å². The van der Waals surface area contributed by atoms with Gasteiger partial charge in [-0.15, -0.1) is 0 Å². The summed E-state index contributed by atoms with van der Waals surface area (Å²) in [7, 11) is 3.75. The summed E-state index contributed by atoms with van der Waals surface area (Å²) in [5, 5.41) is 13.6. The minimum absolute atomic E-state index is 0.00389. The minimum atomic E-state index is -2.86. The Bertz CT molecular complexity index is 2620. The highest BCUT2D eigenvalue weighted by molar-refractivity contribution is 6.08. The fourth-order valence-electron chi connectivity index (χ4n) is 9.37. The summed E-state index contributed by atoms with van der Waals surface area (Å²) in [4.78, 5) is 65.1. The van der Waals surface area contributed by atoms with Crippen LogP contribution in [0.4, 0.5) is 20.3 Å². The lowest BCUT2D eigenvalue weighted by Crippen LogP contribution is -2.48. The number of halogens is 2. The van der Waals surface area contributed by atoms with Gasteiger partial charge < -0.3 is 20.0 Å². The molecule has 4 aliphatic rings. The number of hydrogen-bond donors (Lipinski definition) is 2. The van der Waals surface area contributed by atoms with Gasteiger partial charge in [0, 0.05) is 84.8 Å². The predicted molar refractivity (Wildman–Crippen MR) is 227 cm³/mol. The highest BCUT2D eigenvalue weighted by atomic mass is 19.3. The van der Waals surface area contributed by atoms with E-state index in [0.29, 0.717) is 34.7 Å². The molecule has 17 nitrogen and oxygen atoms in total. The Morgan fingerprint density at radius 2 is 1.71 bits per heavy atom. The molecule has 3 aliphatic heterocycles. The Kier molecular flexibility index (Phi) is 11.6. The van der Waals surface area contributed by atoms with Crippen LogP contribution in [0.15, 0.2) is 47.7 Å². The third kappa shape index (κ3) is 8.33.